The molecule has 4 rings (SSSR count). The third-order valence-corrected chi connectivity index (χ3v) is 6.64. The van der Waals surface area contributed by atoms with Crippen LogP contribution in [0, 0.1) is 18.3 Å². The summed E-state index contributed by atoms with van der Waals surface area (Å²) < 4.78 is 5.84. The van der Waals surface area contributed by atoms with Gasteiger partial charge in [0.25, 0.3) is 0 Å². The molecule has 2 amide bonds. The largest absolute Gasteiger partial charge is 0.377 e. The number of anilines is 1. The number of hydrogen-bond acceptors (Lipinski definition) is 5. The molecule has 7 nitrogen and oxygen atoms in total. The summed E-state index contributed by atoms with van der Waals surface area (Å²) in [6, 6.07) is 2.31. The van der Waals surface area contributed by atoms with Crippen LogP contribution in [0.25, 0.3) is 0 Å². The van der Waals surface area contributed by atoms with Crippen LogP contribution in [0.1, 0.15) is 51.6 Å². The monoisotopic (exact) mass is 387 g/mol. The highest BCUT2D eigenvalue weighted by Gasteiger charge is 2.60. The van der Waals surface area contributed by atoms with Crippen LogP contribution in [0.2, 0.25) is 0 Å². The zero-order valence-corrected chi connectivity index (χ0v) is 17.7. The first-order valence-electron chi connectivity index (χ1n) is 10.5. The number of rotatable bonds is 3. The Morgan fingerprint density at radius 1 is 1.25 bits per heavy atom. The molecule has 0 spiro atoms. The molecule has 1 aromatic heterocycles. The second kappa shape index (κ2) is 7.17. The Hall–Kier alpha value is -1.89. The van der Waals surface area contributed by atoms with E-state index in [1.807, 2.05) is 17.9 Å². The molecule has 154 valence electrons. The number of aromatic nitrogens is 2. The number of urea groups is 1. The predicted molar refractivity (Wildman–Crippen MR) is 109 cm³/mol. The van der Waals surface area contributed by atoms with E-state index >= 15 is 0 Å². The van der Waals surface area contributed by atoms with Gasteiger partial charge in [-0.15, -0.1) is 0 Å². The SMILES string of the molecule is Cc1cc(N2CCN(C(=O)NC3C4CCOC4C3(C)C)CC2)nc(C(C)C)n1. The van der Waals surface area contributed by atoms with Crippen LogP contribution in [0.3, 0.4) is 0 Å². The topological polar surface area (TPSA) is 70.6 Å². The minimum Gasteiger partial charge on any atom is -0.377 e. The highest BCUT2D eigenvalue weighted by Crippen LogP contribution is 2.52. The minimum absolute atomic E-state index is 0.0182. The van der Waals surface area contributed by atoms with Crippen LogP contribution < -0.4 is 10.2 Å². The summed E-state index contributed by atoms with van der Waals surface area (Å²) in [6.07, 6.45) is 1.35. The number of aryl methyl sites for hydroxylation is 1. The van der Waals surface area contributed by atoms with E-state index in [0.29, 0.717) is 31.0 Å². The molecule has 3 aliphatic rings. The van der Waals surface area contributed by atoms with Crippen molar-refractivity contribution < 1.29 is 9.53 Å². The van der Waals surface area contributed by atoms with Crippen LogP contribution in [0.5, 0.6) is 0 Å². The molecule has 3 heterocycles. The molecular formula is C21H33N5O2. The molecule has 2 aliphatic heterocycles. The van der Waals surface area contributed by atoms with Gasteiger partial charge < -0.3 is 19.9 Å². The molecule has 3 fully saturated rings. The maximum atomic E-state index is 12.8. The van der Waals surface area contributed by atoms with Crippen molar-refractivity contribution >= 4 is 11.8 Å². The number of nitrogens with one attached hydrogen (secondary N) is 1. The Labute approximate surface area is 167 Å². The van der Waals surface area contributed by atoms with Gasteiger partial charge in [-0.3, -0.25) is 0 Å². The van der Waals surface area contributed by atoms with Crippen LogP contribution in [-0.2, 0) is 4.74 Å². The molecule has 2 saturated heterocycles. The Bertz CT molecular complexity index is 742. The zero-order chi connectivity index (χ0) is 20.1. The van der Waals surface area contributed by atoms with Crippen molar-refractivity contribution in [3.8, 4) is 0 Å². The van der Waals surface area contributed by atoms with Gasteiger partial charge in [0.2, 0.25) is 0 Å². The third-order valence-electron chi connectivity index (χ3n) is 6.64. The average Bonchev–Trinajstić information content (AvgIpc) is 3.13. The normalized spacial score (nSPS) is 28.9. The van der Waals surface area contributed by atoms with E-state index in [4.69, 9.17) is 9.72 Å². The van der Waals surface area contributed by atoms with Crippen molar-refractivity contribution in [2.75, 3.05) is 37.7 Å². The minimum atomic E-state index is 0.0182. The lowest BCUT2D eigenvalue weighted by atomic mass is 9.57. The Kier molecular flexibility index (Phi) is 4.98. The number of carbonyl (C=O) groups excluding carboxylic acids is 1. The van der Waals surface area contributed by atoms with Gasteiger partial charge in [0.1, 0.15) is 11.6 Å². The van der Waals surface area contributed by atoms with Gasteiger partial charge in [0.05, 0.1) is 6.10 Å². The van der Waals surface area contributed by atoms with Gasteiger partial charge in [0, 0.05) is 67.8 Å². The summed E-state index contributed by atoms with van der Waals surface area (Å²) in [5.74, 6) is 2.64. The van der Waals surface area contributed by atoms with Crippen LogP contribution >= 0.6 is 0 Å². The van der Waals surface area contributed by atoms with Gasteiger partial charge in [0.15, 0.2) is 0 Å². The number of ether oxygens (including phenoxy) is 1. The summed E-state index contributed by atoms with van der Waals surface area (Å²) in [5.41, 5.74) is 1.01. The molecule has 1 saturated carbocycles. The summed E-state index contributed by atoms with van der Waals surface area (Å²) in [7, 11) is 0. The highest BCUT2D eigenvalue weighted by atomic mass is 16.5. The fraction of sp³-hybridized carbons (Fsp3) is 0.762. The molecule has 1 N–H and O–H groups in total. The number of carbonyl (C=O) groups is 1. The summed E-state index contributed by atoms with van der Waals surface area (Å²) >= 11 is 0. The lowest BCUT2D eigenvalue weighted by Crippen LogP contribution is -2.68. The van der Waals surface area contributed by atoms with Crippen molar-refractivity contribution in [1.29, 1.82) is 0 Å². The molecule has 0 bridgehead atoms. The fourth-order valence-corrected chi connectivity index (χ4v) is 4.97. The molecule has 3 unspecified atom stereocenters. The van der Waals surface area contributed by atoms with Crippen molar-refractivity contribution in [3.63, 3.8) is 0 Å². The molecule has 3 atom stereocenters. The number of fused-ring (bicyclic) bond motifs is 1. The van der Waals surface area contributed by atoms with Crippen molar-refractivity contribution in [2.24, 2.45) is 11.3 Å². The predicted octanol–water partition coefficient (Wildman–Crippen LogP) is 2.55. The molecule has 1 aliphatic carbocycles. The van der Waals surface area contributed by atoms with Gasteiger partial charge in [-0.2, -0.15) is 0 Å². The van der Waals surface area contributed by atoms with Gasteiger partial charge in [-0.1, -0.05) is 27.7 Å². The lowest BCUT2D eigenvalue weighted by Gasteiger charge is -2.55. The fourth-order valence-electron chi connectivity index (χ4n) is 4.97. The smallest absolute Gasteiger partial charge is 0.317 e. The molecule has 7 heteroatoms. The van der Waals surface area contributed by atoms with Crippen molar-refractivity contribution in [1.82, 2.24) is 20.2 Å². The molecule has 0 aromatic carbocycles. The van der Waals surface area contributed by atoms with E-state index in [1.165, 1.54) is 0 Å². The zero-order valence-electron chi connectivity index (χ0n) is 17.7. The highest BCUT2D eigenvalue weighted by molar-refractivity contribution is 5.75. The van der Waals surface area contributed by atoms with Gasteiger partial charge >= 0.3 is 6.03 Å². The van der Waals surface area contributed by atoms with E-state index in [1.54, 1.807) is 0 Å². The molecular weight excluding hydrogens is 354 g/mol. The van der Waals surface area contributed by atoms with Crippen LogP contribution in [-0.4, -0.2) is 65.8 Å². The molecule has 0 radical (unpaired) electrons. The maximum Gasteiger partial charge on any atom is 0.317 e. The first-order chi connectivity index (χ1) is 13.3. The van der Waals surface area contributed by atoms with E-state index in [9.17, 15) is 4.79 Å². The maximum absolute atomic E-state index is 12.8. The van der Waals surface area contributed by atoms with Crippen LogP contribution in [0.15, 0.2) is 6.07 Å². The summed E-state index contributed by atoms with van der Waals surface area (Å²) in [4.78, 5) is 26.3. The molecule has 28 heavy (non-hydrogen) atoms. The van der Waals surface area contributed by atoms with Crippen molar-refractivity contribution in [3.05, 3.63) is 17.6 Å². The number of nitrogens with zero attached hydrogens (tertiary/aromatic N) is 4. The lowest BCUT2D eigenvalue weighted by molar-refractivity contribution is -0.109. The Balaban J connectivity index is 1.35. The molecule has 1 aromatic rings. The van der Waals surface area contributed by atoms with E-state index in [2.05, 4.69) is 42.9 Å². The summed E-state index contributed by atoms with van der Waals surface area (Å²) in [5, 5.41) is 3.30. The number of amides is 2. The van der Waals surface area contributed by atoms with Crippen LogP contribution in [0.4, 0.5) is 10.6 Å². The summed E-state index contributed by atoms with van der Waals surface area (Å²) in [6.45, 7) is 14.5. The third kappa shape index (κ3) is 3.34. The van der Waals surface area contributed by atoms with E-state index < -0.39 is 0 Å². The van der Waals surface area contributed by atoms with Crippen molar-refractivity contribution in [2.45, 2.75) is 59.1 Å². The average molecular weight is 388 g/mol. The van der Waals surface area contributed by atoms with Gasteiger partial charge in [-0.25, -0.2) is 14.8 Å². The quantitative estimate of drug-likeness (QED) is 0.863. The first-order valence-corrected chi connectivity index (χ1v) is 10.5. The number of hydrogen-bond donors (Lipinski definition) is 1. The Morgan fingerprint density at radius 3 is 2.64 bits per heavy atom. The second-order valence-electron chi connectivity index (χ2n) is 9.35. The van der Waals surface area contributed by atoms with E-state index in [0.717, 1.165) is 43.5 Å². The number of piperazine rings is 1. The standard InChI is InChI=1S/C21H33N5O2/c1-13(2)19-22-14(3)12-16(23-19)25-7-9-26(10-8-25)20(27)24-17-15-6-11-28-18(15)21(17,4)5/h12-13,15,17-18H,6-11H2,1-5H3,(H,24,27). The first kappa shape index (κ1) is 19.4. The second-order valence-corrected chi connectivity index (χ2v) is 9.35. The van der Waals surface area contributed by atoms with E-state index in [-0.39, 0.29) is 17.5 Å². The Morgan fingerprint density at radius 2 is 1.96 bits per heavy atom. The van der Waals surface area contributed by atoms with Gasteiger partial charge in [-0.05, 0) is 13.3 Å².